The summed E-state index contributed by atoms with van der Waals surface area (Å²) in [5, 5.41) is 2.82. The van der Waals surface area contributed by atoms with Gasteiger partial charge in [-0.15, -0.1) is 0 Å². The Labute approximate surface area is 117 Å². The number of amides is 1. The summed E-state index contributed by atoms with van der Waals surface area (Å²) in [7, 11) is 0. The van der Waals surface area contributed by atoms with Gasteiger partial charge in [0.2, 0.25) is 0 Å². The van der Waals surface area contributed by atoms with Crippen molar-refractivity contribution < 1.29 is 13.6 Å². The van der Waals surface area contributed by atoms with Crippen molar-refractivity contribution in [2.45, 2.75) is 38.1 Å². The van der Waals surface area contributed by atoms with Crippen LogP contribution in [0.4, 0.5) is 8.78 Å². The van der Waals surface area contributed by atoms with Crippen LogP contribution in [-0.2, 0) is 0 Å². The van der Waals surface area contributed by atoms with Gasteiger partial charge in [0.15, 0.2) is 0 Å². The first-order valence-electron chi connectivity index (χ1n) is 6.93. The second-order valence-corrected chi connectivity index (χ2v) is 5.75. The maximum absolute atomic E-state index is 13.6. The molecule has 0 aliphatic heterocycles. The van der Waals surface area contributed by atoms with Gasteiger partial charge in [0.25, 0.3) is 5.91 Å². The van der Waals surface area contributed by atoms with Gasteiger partial charge >= 0.3 is 0 Å². The van der Waals surface area contributed by atoms with Crippen molar-refractivity contribution >= 4 is 5.91 Å². The minimum absolute atomic E-state index is 0.267. The second-order valence-electron chi connectivity index (χ2n) is 5.75. The minimum atomic E-state index is -0.722. The summed E-state index contributed by atoms with van der Waals surface area (Å²) in [5.41, 5.74) is 5.03. The summed E-state index contributed by atoms with van der Waals surface area (Å²) in [4.78, 5) is 12.2. The molecular formula is C15H20F2N2O. The first kappa shape index (κ1) is 14.9. The fraction of sp³-hybridized carbons (Fsp3) is 0.533. The molecule has 1 saturated carbocycles. The average molecular weight is 282 g/mol. The van der Waals surface area contributed by atoms with Gasteiger partial charge in [-0.3, -0.25) is 4.79 Å². The van der Waals surface area contributed by atoms with Crippen LogP contribution >= 0.6 is 0 Å². The third kappa shape index (κ3) is 3.15. The van der Waals surface area contributed by atoms with E-state index < -0.39 is 23.1 Å². The Bertz CT molecular complexity index is 497. The fourth-order valence-corrected chi connectivity index (χ4v) is 2.67. The lowest BCUT2D eigenvalue weighted by atomic mass is 9.77. The molecule has 0 unspecified atom stereocenters. The zero-order valence-corrected chi connectivity index (χ0v) is 11.6. The zero-order valence-electron chi connectivity index (χ0n) is 11.6. The highest BCUT2D eigenvalue weighted by Gasteiger charge is 2.35. The van der Waals surface area contributed by atoms with Crippen LogP contribution in [0.25, 0.3) is 0 Å². The summed E-state index contributed by atoms with van der Waals surface area (Å²) in [6, 6.07) is 2.87. The minimum Gasteiger partial charge on any atom is -0.345 e. The van der Waals surface area contributed by atoms with Crippen molar-refractivity contribution in [2.75, 3.05) is 6.54 Å². The highest BCUT2D eigenvalue weighted by atomic mass is 19.1. The summed E-state index contributed by atoms with van der Waals surface area (Å²) in [6.45, 7) is 2.47. The van der Waals surface area contributed by atoms with Crippen LogP contribution < -0.4 is 11.1 Å². The van der Waals surface area contributed by atoms with Crippen LogP contribution in [0.1, 0.15) is 43.0 Å². The maximum atomic E-state index is 13.6. The van der Waals surface area contributed by atoms with E-state index in [4.69, 9.17) is 5.73 Å². The molecule has 3 nitrogen and oxygen atoms in total. The van der Waals surface area contributed by atoms with Gasteiger partial charge in [-0.1, -0.05) is 6.92 Å². The van der Waals surface area contributed by atoms with Gasteiger partial charge in [-0.05, 0) is 49.8 Å². The molecule has 0 saturated heterocycles. The normalized spacial score (nSPS) is 26.3. The Kier molecular flexibility index (Phi) is 4.38. The van der Waals surface area contributed by atoms with E-state index >= 15 is 0 Å². The standard InChI is InChI=1S/C15H20F2N2O/c1-10-4-6-15(9-18,7-5-10)19-14(20)12-8-11(16)2-3-13(12)17/h2-3,8,10H,4-7,9,18H2,1H3,(H,19,20). The topological polar surface area (TPSA) is 55.1 Å². The number of benzene rings is 1. The summed E-state index contributed by atoms with van der Waals surface area (Å²) < 4.78 is 26.7. The van der Waals surface area contributed by atoms with Gasteiger partial charge in [0.1, 0.15) is 11.6 Å². The number of rotatable bonds is 3. The molecule has 1 amide bonds. The van der Waals surface area contributed by atoms with Crippen molar-refractivity contribution in [2.24, 2.45) is 11.7 Å². The van der Waals surface area contributed by atoms with Crippen molar-refractivity contribution in [3.8, 4) is 0 Å². The van der Waals surface area contributed by atoms with Gasteiger partial charge in [0.05, 0.1) is 11.1 Å². The molecule has 0 aromatic heterocycles. The molecule has 0 spiro atoms. The Morgan fingerprint density at radius 1 is 1.40 bits per heavy atom. The van der Waals surface area contributed by atoms with Crippen LogP contribution in [0.2, 0.25) is 0 Å². The van der Waals surface area contributed by atoms with E-state index in [1.807, 2.05) is 0 Å². The zero-order chi connectivity index (χ0) is 14.8. The lowest BCUT2D eigenvalue weighted by Gasteiger charge is -2.39. The van der Waals surface area contributed by atoms with E-state index in [0.717, 1.165) is 43.9 Å². The number of nitrogens with one attached hydrogen (secondary N) is 1. The third-order valence-corrected chi connectivity index (χ3v) is 4.17. The van der Waals surface area contributed by atoms with Crippen molar-refractivity contribution in [1.29, 1.82) is 0 Å². The number of carbonyl (C=O) groups is 1. The molecule has 0 radical (unpaired) electrons. The molecule has 20 heavy (non-hydrogen) atoms. The first-order valence-corrected chi connectivity index (χ1v) is 6.93. The maximum Gasteiger partial charge on any atom is 0.254 e. The van der Waals surface area contributed by atoms with Gasteiger partial charge in [-0.25, -0.2) is 8.78 Å². The smallest absolute Gasteiger partial charge is 0.254 e. The predicted octanol–water partition coefficient (Wildman–Crippen LogP) is 2.60. The van der Waals surface area contributed by atoms with Crippen molar-refractivity contribution in [1.82, 2.24) is 5.32 Å². The molecule has 5 heteroatoms. The monoisotopic (exact) mass is 282 g/mol. The lowest BCUT2D eigenvalue weighted by Crippen LogP contribution is -2.55. The molecule has 1 aromatic carbocycles. The first-order chi connectivity index (χ1) is 9.46. The molecule has 0 atom stereocenters. The number of hydrogen-bond donors (Lipinski definition) is 2. The molecule has 1 aliphatic rings. The van der Waals surface area contributed by atoms with Crippen molar-refractivity contribution in [3.05, 3.63) is 35.4 Å². The quantitative estimate of drug-likeness (QED) is 0.895. The molecule has 1 aromatic rings. The molecule has 1 fully saturated rings. The summed E-state index contributed by atoms with van der Waals surface area (Å²) in [6.07, 6.45) is 3.49. The number of carbonyl (C=O) groups excluding carboxylic acids is 1. The predicted molar refractivity (Wildman–Crippen MR) is 73.2 cm³/mol. The fourth-order valence-electron chi connectivity index (χ4n) is 2.67. The Hall–Kier alpha value is -1.49. The number of halogens is 2. The van der Waals surface area contributed by atoms with Crippen molar-refractivity contribution in [3.63, 3.8) is 0 Å². The Morgan fingerprint density at radius 3 is 2.65 bits per heavy atom. The highest BCUT2D eigenvalue weighted by molar-refractivity contribution is 5.95. The van der Waals surface area contributed by atoms with E-state index in [2.05, 4.69) is 12.2 Å². The van der Waals surface area contributed by atoms with Crippen LogP contribution in [0, 0.1) is 17.6 Å². The Balaban J connectivity index is 2.15. The van der Waals surface area contributed by atoms with E-state index in [1.165, 1.54) is 0 Å². The molecule has 110 valence electrons. The average Bonchev–Trinajstić information content (AvgIpc) is 2.44. The number of hydrogen-bond acceptors (Lipinski definition) is 2. The van der Waals surface area contributed by atoms with Gasteiger partial charge < -0.3 is 11.1 Å². The van der Waals surface area contributed by atoms with Gasteiger partial charge in [-0.2, -0.15) is 0 Å². The van der Waals surface area contributed by atoms with E-state index in [0.29, 0.717) is 12.5 Å². The van der Waals surface area contributed by atoms with E-state index in [9.17, 15) is 13.6 Å². The SMILES string of the molecule is CC1CCC(CN)(NC(=O)c2cc(F)ccc2F)CC1. The Morgan fingerprint density at radius 2 is 2.05 bits per heavy atom. The van der Waals surface area contributed by atoms with Crippen LogP contribution in [0.3, 0.4) is 0 Å². The molecule has 0 heterocycles. The highest BCUT2D eigenvalue weighted by Crippen LogP contribution is 2.31. The third-order valence-electron chi connectivity index (χ3n) is 4.17. The molecule has 1 aliphatic carbocycles. The van der Waals surface area contributed by atoms with Crippen LogP contribution in [-0.4, -0.2) is 18.0 Å². The van der Waals surface area contributed by atoms with E-state index in [-0.39, 0.29) is 5.56 Å². The summed E-state index contributed by atoms with van der Waals surface area (Å²) in [5.74, 6) is -1.34. The second kappa shape index (κ2) is 5.87. The van der Waals surface area contributed by atoms with Gasteiger partial charge in [0, 0.05) is 6.54 Å². The molecule has 3 N–H and O–H groups in total. The molecular weight excluding hydrogens is 262 g/mol. The lowest BCUT2D eigenvalue weighted by molar-refractivity contribution is 0.0855. The van der Waals surface area contributed by atoms with Crippen LogP contribution in [0.5, 0.6) is 0 Å². The summed E-state index contributed by atoms with van der Waals surface area (Å²) >= 11 is 0. The number of nitrogens with two attached hydrogens (primary N) is 1. The van der Waals surface area contributed by atoms with Crippen LogP contribution in [0.15, 0.2) is 18.2 Å². The largest absolute Gasteiger partial charge is 0.345 e. The molecule has 0 bridgehead atoms. The van der Waals surface area contributed by atoms with E-state index in [1.54, 1.807) is 0 Å². The molecule has 2 rings (SSSR count).